The molecule has 1 saturated heterocycles. The predicted octanol–water partition coefficient (Wildman–Crippen LogP) is 2.54. The van der Waals surface area contributed by atoms with Gasteiger partial charge in [0.25, 0.3) is 0 Å². The molecule has 1 aliphatic heterocycles. The number of rotatable bonds is 2. The molecule has 1 N–H and O–H groups in total. The summed E-state index contributed by atoms with van der Waals surface area (Å²) in [6, 6.07) is 1.89. The first-order chi connectivity index (χ1) is 10.9. The van der Waals surface area contributed by atoms with Gasteiger partial charge in [-0.3, -0.25) is 4.98 Å². The average molecular weight is 327 g/mol. The molecule has 124 valence electrons. The Balaban J connectivity index is 2.12. The molecule has 0 spiro atoms. The van der Waals surface area contributed by atoms with Gasteiger partial charge in [-0.2, -0.15) is 13.2 Å². The van der Waals surface area contributed by atoms with Crippen LogP contribution in [-0.4, -0.2) is 41.4 Å². The van der Waals surface area contributed by atoms with Crippen molar-refractivity contribution in [2.75, 3.05) is 31.2 Å². The molecule has 0 radical (unpaired) electrons. The molecular weight excluding hydrogens is 311 g/mol. The summed E-state index contributed by atoms with van der Waals surface area (Å²) in [5.74, 6) is 0.572. The second kappa shape index (κ2) is 5.93. The molecule has 3 rings (SSSR count). The van der Waals surface area contributed by atoms with Crippen molar-refractivity contribution < 1.29 is 23.0 Å². The van der Waals surface area contributed by atoms with Gasteiger partial charge in [0.05, 0.1) is 42.1 Å². The van der Waals surface area contributed by atoms with Crippen molar-refractivity contribution in [2.24, 2.45) is 0 Å². The van der Waals surface area contributed by atoms with Gasteiger partial charge in [-0.25, -0.2) is 4.98 Å². The van der Waals surface area contributed by atoms with E-state index >= 15 is 0 Å². The van der Waals surface area contributed by atoms with Gasteiger partial charge < -0.3 is 14.7 Å². The molecule has 0 aliphatic carbocycles. The van der Waals surface area contributed by atoms with E-state index in [9.17, 15) is 18.3 Å². The van der Waals surface area contributed by atoms with Crippen molar-refractivity contribution in [3.63, 3.8) is 0 Å². The molecule has 1 aromatic heterocycles. The van der Waals surface area contributed by atoms with Crippen molar-refractivity contribution in [2.45, 2.75) is 19.2 Å². The molecule has 1 unspecified atom stereocenters. The molecule has 1 fully saturated rings. The van der Waals surface area contributed by atoms with Crippen LogP contribution in [0.5, 0.6) is 0 Å². The Bertz CT molecular complexity index is 713. The summed E-state index contributed by atoms with van der Waals surface area (Å²) < 4.78 is 44.2. The topological polar surface area (TPSA) is 58.5 Å². The minimum atomic E-state index is -4.50. The molecule has 1 aromatic carbocycles. The lowest BCUT2D eigenvalue weighted by Crippen LogP contribution is -2.36. The van der Waals surface area contributed by atoms with Crippen molar-refractivity contribution in [1.29, 1.82) is 0 Å². The number of aliphatic hydroxyl groups excluding tert-OH is 1. The van der Waals surface area contributed by atoms with Crippen LogP contribution < -0.4 is 4.90 Å². The van der Waals surface area contributed by atoms with E-state index in [1.165, 1.54) is 13.1 Å². The number of benzene rings is 1. The molecule has 2 heterocycles. The summed E-state index contributed by atoms with van der Waals surface area (Å²) in [4.78, 5) is 10.5. The lowest BCUT2D eigenvalue weighted by Gasteiger charge is -2.27. The second-order valence-electron chi connectivity index (χ2n) is 5.43. The first-order valence-electron chi connectivity index (χ1n) is 7.25. The summed E-state index contributed by atoms with van der Waals surface area (Å²) in [6.45, 7) is 3.83. The first kappa shape index (κ1) is 15.9. The third kappa shape index (κ3) is 3.23. The summed E-state index contributed by atoms with van der Waals surface area (Å²) in [5, 5.41) is 9.84. The van der Waals surface area contributed by atoms with E-state index < -0.39 is 17.8 Å². The van der Waals surface area contributed by atoms with E-state index in [1.807, 2.05) is 4.90 Å². The highest BCUT2D eigenvalue weighted by molar-refractivity contribution is 5.81. The Labute approximate surface area is 130 Å². The number of anilines is 1. The Morgan fingerprint density at radius 3 is 2.57 bits per heavy atom. The zero-order valence-electron chi connectivity index (χ0n) is 12.5. The van der Waals surface area contributed by atoms with Gasteiger partial charge >= 0.3 is 6.18 Å². The summed E-state index contributed by atoms with van der Waals surface area (Å²) in [5.41, 5.74) is -0.309. The van der Waals surface area contributed by atoms with E-state index in [0.717, 1.165) is 12.1 Å². The maximum atomic E-state index is 13.0. The number of halogens is 3. The Hall–Kier alpha value is -1.93. The normalized spacial score (nSPS) is 17.5. The number of nitrogens with zero attached hydrogens (tertiary/aromatic N) is 3. The summed E-state index contributed by atoms with van der Waals surface area (Å²) in [6.07, 6.45) is -4.11. The van der Waals surface area contributed by atoms with Gasteiger partial charge in [-0.15, -0.1) is 0 Å². The van der Waals surface area contributed by atoms with Crippen molar-refractivity contribution in [3.8, 4) is 0 Å². The number of aromatic nitrogens is 2. The third-order valence-corrected chi connectivity index (χ3v) is 3.78. The number of fused-ring (bicyclic) bond motifs is 1. The van der Waals surface area contributed by atoms with Crippen LogP contribution in [0.2, 0.25) is 0 Å². The fraction of sp³-hybridized carbons (Fsp3) is 0.467. The number of hydrogen-bond acceptors (Lipinski definition) is 5. The molecule has 0 bridgehead atoms. The van der Waals surface area contributed by atoms with Crippen LogP contribution in [0.15, 0.2) is 18.3 Å². The molecule has 5 nitrogen and oxygen atoms in total. The van der Waals surface area contributed by atoms with E-state index in [1.54, 1.807) is 0 Å². The number of aliphatic hydroxyl groups is 1. The zero-order valence-corrected chi connectivity index (χ0v) is 12.5. The molecule has 1 atom stereocenters. The second-order valence-corrected chi connectivity index (χ2v) is 5.43. The Kier molecular flexibility index (Phi) is 4.11. The molecule has 2 aromatic rings. The molecule has 8 heteroatoms. The van der Waals surface area contributed by atoms with Crippen LogP contribution in [0.3, 0.4) is 0 Å². The smallest absolute Gasteiger partial charge is 0.389 e. The average Bonchev–Trinajstić information content (AvgIpc) is 2.53. The van der Waals surface area contributed by atoms with Crippen molar-refractivity contribution in [1.82, 2.24) is 9.97 Å². The maximum absolute atomic E-state index is 13.0. The molecule has 0 saturated carbocycles. The largest absolute Gasteiger partial charge is 0.416 e. The summed E-state index contributed by atoms with van der Waals surface area (Å²) in [7, 11) is 0. The number of ether oxygens (including phenoxy) is 1. The van der Waals surface area contributed by atoms with Crippen LogP contribution in [0.4, 0.5) is 19.0 Å². The lowest BCUT2D eigenvalue weighted by atomic mass is 10.0. The van der Waals surface area contributed by atoms with E-state index in [0.29, 0.717) is 32.1 Å². The molecule has 0 amide bonds. The Morgan fingerprint density at radius 1 is 1.26 bits per heavy atom. The van der Waals surface area contributed by atoms with Gasteiger partial charge in [-0.1, -0.05) is 0 Å². The highest BCUT2D eigenvalue weighted by atomic mass is 19.4. The van der Waals surface area contributed by atoms with Crippen molar-refractivity contribution >= 4 is 16.9 Å². The van der Waals surface area contributed by atoms with Crippen LogP contribution in [0.1, 0.15) is 24.2 Å². The highest BCUT2D eigenvalue weighted by Crippen LogP contribution is 2.34. The lowest BCUT2D eigenvalue weighted by molar-refractivity contribution is -0.137. The minimum absolute atomic E-state index is 0.118. The zero-order chi connectivity index (χ0) is 16.6. The van der Waals surface area contributed by atoms with Crippen LogP contribution >= 0.6 is 0 Å². The van der Waals surface area contributed by atoms with E-state index in [4.69, 9.17) is 4.74 Å². The number of alkyl halides is 3. The van der Waals surface area contributed by atoms with Gasteiger partial charge in [0.15, 0.2) is 0 Å². The van der Waals surface area contributed by atoms with E-state index in [2.05, 4.69) is 9.97 Å². The first-order valence-corrected chi connectivity index (χ1v) is 7.25. The fourth-order valence-electron chi connectivity index (χ4n) is 2.56. The third-order valence-electron chi connectivity index (χ3n) is 3.78. The van der Waals surface area contributed by atoms with Gasteiger partial charge in [0.2, 0.25) is 0 Å². The van der Waals surface area contributed by atoms with E-state index in [-0.39, 0.29) is 16.6 Å². The number of morpholine rings is 1. The molecular formula is C15H16F3N3O2. The predicted molar refractivity (Wildman–Crippen MR) is 78.2 cm³/mol. The monoisotopic (exact) mass is 327 g/mol. The van der Waals surface area contributed by atoms with Crippen LogP contribution in [0, 0.1) is 0 Å². The van der Waals surface area contributed by atoms with Gasteiger partial charge in [-0.05, 0) is 19.1 Å². The van der Waals surface area contributed by atoms with Crippen LogP contribution in [-0.2, 0) is 10.9 Å². The Morgan fingerprint density at radius 2 is 1.96 bits per heavy atom. The summed E-state index contributed by atoms with van der Waals surface area (Å²) >= 11 is 0. The fourth-order valence-corrected chi connectivity index (χ4v) is 2.56. The quantitative estimate of drug-likeness (QED) is 0.918. The van der Waals surface area contributed by atoms with Crippen molar-refractivity contribution in [3.05, 3.63) is 29.5 Å². The standard InChI is InChI=1S/C15H16F3N3O2/c1-9(22)11-6-10(15(16,17)18)7-12-14(11)20-13(8-19-12)21-2-4-23-5-3-21/h6-9,22H,2-5H2,1H3. The van der Waals surface area contributed by atoms with Gasteiger partial charge in [0, 0.05) is 18.7 Å². The highest BCUT2D eigenvalue weighted by Gasteiger charge is 2.32. The minimum Gasteiger partial charge on any atom is -0.389 e. The maximum Gasteiger partial charge on any atom is 0.416 e. The van der Waals surface area contributed by atoms with Gasteiger partial charge in [0.1, 0.15) is 5.82 Å². The van der Waals surface area contributed by atoms with Crippen LogP contribution in [0.25, 0.3) is 11.0 Å². The molecule has 1 aliphatic rings. The number of hydrogen-bond donors (Lipinski definition) is 1. The SMILES string of the molecule is CC(O)c1cc(C(F)(F)F)cc2ncc(N3CCOCC3)nc12. The molecule has 23 heavy (non-hydrogen) atoms.